The summed E-state index contributed by atoms with van der Waals surface area (Å²) in [6.45, 7) is 3.37. The van der Waals surface area contributed by atoms with Crippen molar-refractivity contribution in [2.75, 3.05) is 13.2 Å². The van der Waals surface area contributed by atoms with E-state index in [-0.39, 0.29) is 24.5 Å². The van der Waals surface area contributed by atoms with E-state index in [1.54, 1.807) is 43.5 Å². The Morgan fingerprint density at radius 2 is 1.86 bits per heavy atom. The van der Waals surface area contributed by atoms with Gasteiger partial charge < -0.3 is 20.1 Å². The van der Waals surface area contributed by atoms with Gasteiger partial charge in [-0.25, -0.2) is 14.4 Å². The summed E-state index contributed by atoms with van der Waals surface area (Å²) in [5.41, 5.74) is 1.79. The van der Waals surface area contributed by atoms with Gasteiger partial charge in [-0.2, -0.15) is 0 Å². The second-order valence-electron chi connectivity index (χ2n) is 6.20. The molecule has 2 aromatic rings. The smallest absolute Gasteiger partial charge is 0.348 e. The number of hydrogen-bond donors (Lipinski definition) is 2. The number of carbonyl (C=O) groups is 3. The van der Waals surface area contributed by atoms with Crippen molar-refractivity contribution in [3.05, 3.63) is 68.0 Å². The third-order valence-corrected chi connectivity index (χ3v) is 5.50. The fraction of sp³-hybridized carbons (Fsp3) is 0.250. The number of esters is 2. The molecule has 0 aliphatic carbocycles. The molecule has 0 bridgehead atoms. The van der Waals surface area contributed by atoms with Crippen LogP contribution < -0.4 is 10.6 Å². The molecule has 1 aromatic heterocycles. The Balaban J connectivity index is 1.93. The first-order valence-corrected chi connectivity index (χ1v) is 10.1. The highest BCUT2D eigenvalue weighted by atomic mass is 35.5. The fourth-order valence-electron chi connectivity index (χ4n) is 2.87. The minimum atomic E-state index is -0.766. The molecule has 1 atom stereocenters. The van der Waals surface area contributed by atoms with Crippen molar-refractivity contribution in [2.24, 2.45) is 0 Å². The highest BCUT2D eigenvalue weighted by Crippen LogP contribution is 2.29. The number of urea groups is 1. The van der Waals surface area contributed by atoms with E-state index < -0.39 is 24.0 Å². The lowest BCUT2D eigenvalue weighted by atomic mass is 9.95. The number of carbonyl (C=O) groups excluding carboxylic acids is 3. The summed E-state index contributed by atoms with van der Waals surface area (Å²) in [7, 11) is 0. The number of benzene rings is 1. The molecule has 0 saturated heterocycles. The summed E-state index contributed by atoms with van der Waals surface area (Å²) < 4.78 is 10.5. The van der Waals surface area contributed by atoms with Crippen molar-refractivity contribution < 1.29 is 23.9 Å². The lowest BCUT2D eigenvalue weighted by Crippen LogP contribution is -2.47. The van der Waals surface area contributed by atoms with Gasteiger partial charge in [-0.3, -0.25) is 0 Å². The first-order chi connectivity index (χ1) is 13.9. The molecule has 152 valence electrons. The zero-order valence-corrected chi connectivity index (χ0v) is 17.4. The summed E-state index contributed by atoms with van der Waals surface area (Å²) in [6.07, 6.45) is 0. The van der Waals surface area contributed by atoms with E-state index in [0.717, 1.165) is 5.56 Å². The molecule has 1 aliphatic rings. The van der Waals surface area contributed by atoms with Gasteiger partial charge in [0.25, 0.3) is 0 Å². The Hall–Kier alpha value is -2.84. The molecule has 29 heavy (non-hydrogen) atoms. The Morgan fingerprint density at radius 1 is 1.14 bits per heavy atom. The Morgan fingerprint density at radius 3 is 2.48 bits per heavy atom. The Kier molecular flexibility index (Phi) is 6.56. The van der Waals surface area contributed by atoms with Crippen molar-refractivity contribution >= 4 is 40.9 Å². The van der Waals surface area contributed by atoms with E-state index in [1.807, 2.05) is 6.07 Å². The minimum absolute atomic E-state index is 0.158. The van der Waals surface area contributed by atoms with Crippen LogP contribution in [0.3, 0.4) is 0 Å². The van der Waals surface area contributed by atoms with Crippen molar-refractivity contribution in [2.45, 2.75) is 19.9 Å². The molecular formula is C20H19ClN2O5S. The van der Waals surface area contributed by atoms with Gasteiger partial charge in [0, 0.05) is 5.02 Å². The molecule has 2 N–H and O–H groups in total. The number of halogens is 1. The van der Waals surface area contributed by atoms with Gasteiger partial charge in [0.05, 0.1) is 23.9 Å². The van der Waals surface area contributed by atoms with Crippen LogP contribution in [0.1, 0.15) is 33.8 Å². The second kappa shape index (κ2) is 9.11. The van der Waals surface area contributed by atoms with Crippen molar-refractivity contribution in [3.63, 3.8) is 0 Å². The van der Waals surface area contributed by atoms with E-state index in [9.17, 15) is 14.4 Å². The lowest BCUT2D eigenvalue weighted by Gasteiger charge is -2.29. The van der Waals surface area contributed by atoms with Gasteiger partial charge in [-0.15, -0.1) is 11.3 Å². The maximum absolute atomic E-state index is 12.7. The molecular weight excluding hydrogens is 416 g/mol. The minimum Gasteiger partial charge on any atom is -0.463 e. The largest absolute Gasteiger partial charge is 0.463 e. The van der Waals surface area contributed by atoms with Gasteiger partial charge in [-0.1, -0.05) is 23.7 Å². The predicted molar refractivity (Wildman–Crippen MR) is 109 cm³/mol. The summed E-state index contributed by atoms with van der Waals surface area (Å²) >= 11 is 7.21. The van der Waals surface area contributed by atoms with E-state index >= 15 is 0 Å². The first-order valence-electron chi connectivity index (χ1n) is 8.85. The lowest BCUT2D eigenvalue weighted by molar-refractivity contribution is -0.139. The summed E-state index contributed by atoms with van der Waals surface area (Å²) in [5.74, 6) is -1.14. The zero-order valence-electron chi connectivity index (χ0n) is 15.8. The fourth-order valence-corrected chi connectivity index (χ4v) is 3.82. The second-order valence-corrected chi connectivity index (χ2v) is 7.56. The van der Waals surface area contributed by atoms with Crippen LogP contribution in [-0.2, 0) is 14.3 Å². The molecule has 7 nitrogen and oxygen atoms in total. The molecule has 2 amide bonds. The van der Waals surface area contributed by atoms with E-state index in [4.69, 9.17) is 21.1 Å². The molecule has 9 heteroatoms. The van der Waals surface area contributed by atoms with Gasteiger partial charge >= 0.3 is 18.0 Å². The topological polar surface area (TPSA) is 93.7 Å². The molecule has 0 fully saturated rings. The predicted octanol–water partition coefficient (Wildman–Crippen LogP) is 3.74. The van der Waals surface area contributed by atoms with Crippen molar-refractivity contribution in [1.82, 2.24) is 10.6 Å². The third kappa shape index (κ3) is 4.78. The van der Waals surface area contributed by atoms with E-state index in [0.29, 0.717) is 15.5 Å². The standard InChI is InChI=1S/C20H19ClN2O5S/c1-3-27-18(24)15-14(10-28-19(25)17-11(2)8-9-29-17)22-20(26)23-16(15)12-4-6-13(21)7-5-12/h4-9,16H,3,10H2,1-2H3,(H2,22,23,26). The van der Waals surface area contributed by atoms with Crippen LogP contribution in [-0.4, -0.2) is 31.2 Å². The average Bonchev–Trinajstić information content (AvgIpc) is 3.12. The van der Waals surface area contributed by atoms with Crippen LogP contribution in [0.15, 0.2) is 47.0 Å². The Bertz CT molecular complexity index is 968. The molecule has 1 unspecified atom stereocenters. The van der Waals surface area contributed by atoms with Gasteiger partial charge in [0.1, 0.15) is 11.5 Å². The maximum Gasteiger partial charge on any atom is 0.348 e. The van der Waals surface area contributed by atoms with Crippen LogP contribution in [0.25, 0.3) is 0 Å². The average molecular weight is 435 g/mol. The number of rotatable bonds is 6. The Labute approximate surface area is 176 Å². The summed E-state index contributed by atoms with van der Waals surface area (Å²) in [5, 5.41) is 7.58. The van der Waals surface area contributed by atoms with Crippen molar-refractivity contribution in [3.8, 4) is 0 Å². The number of ether oxygens (including phenoxy) is 2. The molecule has 1 aliphatic heterocycles. The van der Waals surface area contributed by atoms with E-state index in [2.05, 4.69) is 10.6 Å². The number of thiophene rings is 1. The van der Waals surface area contributed by atoms with Crippen molar-refractivity contribution in [1.29, 1.82) is 0 Å². The summed E-state index contributed by atoms with van der Waals surface area (Å²) in [6, 6.07) is 7.26. The highest BCUT2D eigenvalue weighted by molar-refractivity contribution is 7.12. The van der Waals surface area contributed by atoms with Crippen LogP contribution in [0.5, 0.6) is 0 Å². The zero-order chi connectivity index (χ0) is 21.0. The number of hydrogen-bond acceptors (Lipinski definition) is 6. The van der Waals surface area contributed by atoms with Crippen LogP contribution in [0.2, 0.25) is 5.02 Å². The molecule has 0 radical (unpaired) electrons. The highest BCUT2D eigenvalue weighted by Gasteiger charge is 2.34. The van der Waals surface area contributed by atoms with Gasteiger partial charge in [-0.05, 0) is 48.6 Å². The maximum atomic E-state index is 12.7. The first kappa shape index (κ1) is 20.9. The van der Waals surface area contributed by atoms with Crippen LogP contribution in [0, 0.1) is 6.92 Å². The number of nitrogens with one attached hydrogen (secondary N) is 2. The monoisotopic (exact) mass is 434 g/mol. The normalized spacial score (nSPS) is 16.1. The molecule has 1 aromatic carbocycles. The molecule has 2 heterocycles. The third-order valence-electron chi connectivity index (χ3n) is 4.25. The number of aryl methyl sites for hydroxylation is 1. The number of amides is 2. The van der Waals surface area contributed by atoms with E-state index in [1.165, 1.54) is 11.3 Å². The summed E-state index contributed by atoms with van der Waals surface area (Å²) in [4.78, 5) is 37.7. The van der Waals surface area contributed by atoms with Gasteiger partial charge in [0.2, 0.25) is 0 Å². The SMILES string of the molecule is CCOC(=O)C1=C(COC(=O)c2sccc2C)NC(=O)NC1c1ccc(Cl)cc1. The van der Waals surface area contributed by atoms with Crippen LogP contribution in [0.4, 0.5) is 4.79 Å². The van der Waals surface area contributed by atoms with Gasteiger partial charge in [0.15, 0.2) is 0 Å². The molecule has 3 rings (SSSR count). The van der Waals surface area contributed by atoms with Crippen LogP contribution >= 0.6 is 22.9 Å². The quantitative estimate of drug-likeness (QED) is 0.675. The molecule has 0 saturated carbocycles. The molecule has 0 spiro atoms.